The van der Waals surface area contributed by atoms with E-state index in [0.29, 0.717) is 33.0 Å². The zero-order valence-electron chi connectivity index (χ0n) is 16.6. The van der Waals surface area contributed by atoms with E-state index < -0.39 is 5.79 Å². The van der Waals surface area contributed by atoms with Crippen molar-refractivity contribution in [2.24, 2.45) is 0 Å². The maximum Gasteiger partial charge on any atom is 0.266 e. The standard InChI is InChI=1S/C23H22FNO4S/c1-27-13-15-20-16(24)6-5-7-19(20)30-21(15)22(26)25-14-8-9-17-18(12-14)29-23(28-17)10-3-2-4-11-23/h5-9,12H,2-4,10-11,13H2,1H3,(H,25,26). The lowest BCUT2D eigenvalue weighted by molar-refractivity contribution is -0.105. The number of methoxy groups -OCH3 is 1. The van der Waals surface area contributed by atoms with E-state index in [1.165, 1.54) is 30.9 Å². The molecule has 1 aliphatic heterocycles. The minimum Gasteiger partial charge on any atom is -0.448 e. The van der Waals surface area contributed by atoms with Gasteiger partial charge in [-0.2, -0.15) is 0 Å². The van der Waals surface area contributed by atoms with Gasteiger partial charge in [0, 0.05) is 47.4 Å². The van der Waals surface area contributed by atoms with Crippen LogP contribution in [0.4, 0.5) is 10.1 Å². The fraction of sp³-hybridized carbons (Fsp3) is 0.348. The van der Waals surface area contributed by atoms with Gasteiger partial charge >= 0.3 is 0 Å². The summed E-state index contributed by atoms with van der Waals surface area (Å²) in [7, 11) is 1.53. The lowest BCUT2D eigenvalue weighted by atomic mass is 9.94. The average molecular weight is 427 g/mol. The Morgan fingerprint density at radius 2 is 1.97 bits per heavy atom. The molecule has 0 radical (unpaired) electrons. The number of benzene rings is 2. The van der Waals surface area contributed by atoms with Gasteiger partial charge in [-0.1, -0.05) is 12.5 Å². The molecule has 1 aliphatic carbocycles. The highest BCUT2D eigenvalue weighted by Gasteiger charge is 2.42. The number of ether oxygens (including phenoxy) is 3. The fourth-order valence-electron chi connectivity index (χ4n) is 4.29. The third-order valence-electron chi connectivity index (χ3n) is 5.67. The van der Waals surface area contributed by atoms with Gasteiger partial charge in [-0.25, -0.2) is 4.39 Å². The van der Waals surface area contributed by atoms with E-state index in [9.17, 15) is 9.18 Å². The van der Waals surface area contributed by atoms with Gasteiger partial charge in [0.15, 0.2) is 11.5 Å². The molecule has 0 bridgehead atoms. The first-order valence-electron chi connectivity index (χ1n) is 10.1. The van der Waals surface area contributed by atoms with Crippen molar-refractivity contribution in [3.63, 3.8) is 0 Å². The Morgan fingerprint density at radius 1 is 1.17 bits per heavy atom. The lowest BCUT2D eigenvalue weighted by Crippen LogP contribution is -2.40. The SMILES string of the molecule is COCc1c(C(=O)Nc2ccc3c(c2)OC2(CCCCC2)O3)sc2cccc(F)c12. The molecule has 3 aromatic rings. The van der Waals surface area contributed by atoms with Crippen LogP contribution in [0.3, 0.4) is 0 Å². The summed E-state index contributed by atoms with van der Waals surface area (Å²) >= 11 is 1.26. The molecular weight excluding hydrogens is 405 g/mol. The summed E-state index contributed by atoms with van der Waals surface area (Å²) in [6.07, 6.45) is 5.12. The van der Waals surface area contributed by atoms with Gasteiger partial charge in [0.1, 0.15) is 5.82 Å². The second-order valence-corrected chi connectivity index (χ2v) is 8.80. The number of rotatable bonds is 4. The Bertz CT molecular complexity index is 1120. The first-order chi connectivity index (χ1) is 14.6. The summed E-state index contributed by atoms with van der Waals surface area (Å²) in [4.78, 5) is 13.5. The first kappa shape index (κ1) is 19.3. The average Bonchev–Trinajstić information content (AvgIpc) is 3.27. The molecule has 5 rings (SSSR count). The van der Waals surface area contributed by atoms with Crippen molar-refractivity contribution >= 4 is 33.0 Å². The Balaban J connectivity index is 1.41. The van der Waals surface area contributed by atoms with Crippen LogP contribution in [0.25, 0.3) is 10.1 Å². The first-order valence-corrected chi connectivity index (χ1v) is 10.9. The van der Waals surface area contributed by atoms with E-state index >= 15 is 0 Å². The Labute approximate surface area is 177 Å². The molecule has 0 saturated heterocycles. The molecule has 1 aromatic heterocycles. The summed E-state index contributed by atoms with van der Waals surface area (Å²) in [5.41, 5.74) is 1.17. The monoisotopic (exact) mass is 427 g/mol. The molecule has 0 unspecified atom stereocenters. The van der Waals surface area contributed by atoms with Crippen molar-refractivity contribution in [3.05, 3.63) is 52.7 Å². The number of fused-ring (bicyclic) bond motifs is 2. The van der Waals surface area contributed by atoms with Gasteiger partial charge in [-0.05, 0) is 37.1 Å². The second kappa shape index (κ2) is 7.56. The van der Waals surface area contributed by atoms with Crippen LogP contribution in [0.1, 0.15) is 47.3 Å². The van der Waals surface area contributed by atoms with Crippen LogP contribution in [0, 0.1) is 5.82 Å². The Kier molecular flexibility index (Phi) is 4.87. The van der Waals surface area contributed by atoms with Crippen LogP contribution < -0.4 is 14.8 Å². The minimum atomic E-state index is -0.558. The van der Waals surface area contributed by atoms with Gasteiger partial charge in [0.2, 0.25) is 0 Å². The number of thiophene rings is 1. The van der Waals surface area contributed by atoms with Crippen LogP contribution in [-0.4, -0.2) is 18.8 Å². The summed E-state index contributed by atoms with van der Waals surface area (Å²) < 4.78 is 32.6. The number of amides is 1. The molecule has 1 N–H and O–H groups in total. The van der Waals surface area contributed by atoms with Crippen molar-refractivity contribution in [1.82, 2.24) is 0 Å². The third kappa shape index (κ3) is 3.32. The highest BCUT2D eigenvalue weighted by Crippen LogP contribution is 2.46. The fourth-order valence-corrected chi connectivity index (χ4v) is 5.40. The van der Waals surface area contributed by atoms with Gasteiger partial charge < -0.3 is 19.5 Å². The lowest BCUT2D eigenvalue weighted by Gasteiger charge is -2.31. The van der Waals surface area contributed by atoms with Gasteiger partial charge in [0.25, 0.3) is 11.7 Å². The maximum atomic E-state index is 14.4. The van der Waals surface area contributed by atoms with Crippen LogP contribution in [0.15, 0.2) is 36.4 Å². The molecule has 1 saturated carbocycles. The predicted octanol–water partition coefficient (Wildman–Crippen LogP) is 5.87. The number of anilines is 1. The molecular formula is C23H22FNO4S. The Hall–Kier alpha value is -2.64. The second-order valence-electron chi connectivity index (χ2n) is 7.75. The van der Waals surface area contributed by atoms with E-state index in [0.717, 1.165) is 30.4 Å². The topological polar surface area (TPSA) is 56.8 Å². The van der Waals surface area contributed by atoms with Gasteiger partial charge in [-0.15, -0.1) is 11.3 Å². The highest BCUT2D eigenvalue weighted by molar-refractivity contribution is 7.21. The molecule has 1 amide bonds. The predicted molar refractivity (Wildman–Crippen MR) is 114 cm³/mol. The normalized spacial score (nSPS) is 16.9. The highest BCUT2D eigenvalue weighted by atomic mass is 32.1. The van der Waals surface area contributed by atoms with E-state index in [2.05, 4.69) is 5.32 Å². The quantitative estimate of drug-likeness (QED) is 0.566. The number of carbonyl (C=O) groups is 1. The molecule has 2 heterocycles. The molecule has 1 spiro atoms. The Morgan fingerprint density at radius 3 is 2.77 bits per heavy atom. The summed E-state index contributed by atoms with van der Waals surface area (Å²) in [6, 6.07) is 10.3. The molecule has 1 fully saturated rings. The van der Waals surface area contributed by atoms with Crippen molar-refractivity contribution in [1.29, 1.82) is 0 Å². The summed E-state index contributed by atoms with van der Waals surface area (Å²) in [6.45, 7) is 0.160. The molecule has 156 valence electrons. The van der Waals surface area contributed by atoms with Gasteiger partial charge in [0.05, 0.1) is 11.5 Å². The minimum absolute atomic E-state index is 0.160. The molecule has 0 atom stereocenters. The zero-order chi connectivity index (χ0) is 20.7. The number of halogens is 1. The molecule has 7 heteroatoms. The molecule has 5 nitrogen and oxygen atoms in total. The van der Waals surface area contributed by atoms with Crippen LogP contribution in [-0.2, 0) is 11.3 Å². The van der Waals surface area contributed by atoms with E-state index in [-0.39, 0.29) is 18.3 Å². The van der Waals surface area contributed by atoms with E-state index in [1.54, 1.807) is 18.2 Å². The van der Waals surface area contributed by atoms with Crippen LogP contribution in [0.5, 0.6) is 11.5 Å². The van der Waals surface area contributed by atoms with Gasteiger partial charge in [-0.3, -0.25) is 4.79 Å². The number of nitrogens with one attached hydrogen (secondary N) is 1. The molecule has 2 aromatic carbocycles. The largest absolute Gasteiger partial charge is 0.448 e. The zero-order valence-corrected chi connectivity index (χ0v) is 17.4. The summed E-state index contributed by atoms with van der Waals surface area (Å²) in [5, 5.41) is 3.36. The number of hydrogen-bond donors (Lipinski definition) is 1. The van der Waals surface area contributed by atoms with Crippen molar-refractivity contribution in [2.45, 2.75) is 44.5 Å². The van der Waals surface area contributed by atoms with Crippen molar-refractivity contribution < 1.29 is 23.4 Å². The molecule has 2 aliphatic rings. The smallest absolute Gasteiger partial charge is 0.266 e. The van der Waals surface area contributed by atoms with E-state index in [4.69, 9.17) is 14.2 Å². The third-order valence-corrected chi connectivity index (χ3v) is 6.86. The van der Waals surface area contributed by atoms with Crippen LogP contribution in [0.2, 0.25) is 0 Å². The van der Waals surface area contributed by atoms with Crippen molar-refractivity contribution in [2.75, 3.05) is 12.4 Å². The van der Waals surface area contributed by atoms with E-state index in [1.807, 2.05) is 12.1 Å². The van der Waals surface area contributed by atoms with Crippen molar-refractivity contribution in [3.8, 4) is 11.5 Å². The number of hydrogen-bond acceptors (Lipinski definition) is 5. The maximum absolute atomic E-state index is 14.4. The van der Waals surface area contributed by atoms with Crippen LogP contribution >= 0.6 is 11.3 Å². The summed E-state index contributed by atoms with van der Waals surface area (Å²) in [5.74, 6) is 0.149. The molecule has 30 heavy (non-hydrogen) atoms. The number of carbonyl (C=O) groups excluding carboxylic acids is 1.